The van der Waals surface area contributed by atoms with Crippen LogP contribution in [0.2, 0.25) is 0 Å². The molecule has 2 rings (SSSR count). The number of hydrogen-bond acceptors (Lipinski definition) is 3. The molecule has 1 fully saturated rings. The topological polar surface area (TPSA) is 32.5 Å². The molecule has 0 spiro atoms. The minimum absolute atomic E-state index is 0.433. The van der Waals surface area contributed by atoms with Crippen molar-refractivity contribution >= 4 is 0 Å². The summed E-state index contributed by atoms with van der Waals surface area (Å²) in [5, 5.41) is 0. The lowest BCUT2D eigenvalue weighted by Crippen LogP contribution is -2.47. The van der Waals surface area contributed by atoms with Crippen molar-refractivity contribution in [1.29, 1.82) is 0 Å². The summed E-state index contributed by atoms with van der Waals surface area (Å²) >= 11 is 0. The minimum Gasteiger partial charge on any atom is -0.329 e. The van der Waals surface area contributed by atoms with Crippen LogP contribution in [0.5, 0.6) is 0 Å². The summed E-state index contributed by atoms with van der Waals surface area (Å²) in [7, 11) is 0. The van der Waals surface area contributed by atoms with Gasteiger partial charge in [-0.3, -0.25) is 9.80 Å². The predicted octanol–water partition coefficient (Wildman–Crippen LogP) is 1.04. The zero-order valence-corrected chi connectivity index (χ0v) is 10.4. The summed E-state index contributed by atoms with van der Waals surface area (Å²) in [5.74, 6) is -1.49. The molecule has 5 heteroatoms. The van der Waals surface area contributed by atoms with Crippen molar-refractivity contribution in [1.82, 2.24) is 9.80 Å². The number of benzene rings is 1. The summed E-state index contributed by atoms with van der Waals surface area (Å²) in [6.07, 6.45) is 0. The molecule has 18 heavy (non-hydrogen) atoms. The highest BCUT2D eigenvalue weighted by molar-refractivity contribution is 5.18. The first-order valence-corrected chi connectivity index (χ1v) is 6.28. The van der Waals surface area contributed by atoms with Crippen molar-refractivity contribution in [3.8, 4) is 0 Å². The molecule has 1 aromatic carbocycles. The van der Waals surface area contributed by atoms with Gasteiger partial charge in [-0.2, -0.15) is 0 Å². The van der Waals surface area contributed by atoms with Gasteiger partial charge in [-0.05, 0) is 6.07 Å². The summed E-state index contributed by atoms with van der Waals surface area (Å²) in [4.78, 5) is 4.43. The van der Waals surface area contributed by atoms with E-state index in [0.717, 1.165) is 38.8 Å². The van der Waals surface area contributed by atoms with Crippen LogP contribution in [0.25, 0.3) is 0 Å². The number of nitrogens with two attached hydrogens (primary N) is 1. The molecule has 1 saturated heterocycles. The zero-order chi connectivity index (χ0) is 13.0. The van der Waals surface area contributed by atoms with Crippen molar-refractivity contribution < 1.29 is 8.78 Å². The molecule has 0 amide bonds. The van der Waals surface area contributed by atoms with Crippen LogP contribution in [0.1, 0.15) is 5.56 Å². The van der Waals surface area contributed by atoms with E-state index in [1.807, 2.05) is 0 Å². The Labute approximate surface area is 106 Å². The fourth-order valence-electron chi connectivity index (χ4n) is 2.27. The molecule has 1 aliphatic rings. The van der Waals surface area contributed by atoms with Gasteiger partial charge in [0.05, 0.1) is 0 Å². The van der Waals surface area contributed by atoms with Crippen LogP contribution in [-0.4, -0.2) is 49.1 Å². The molecule has 100 valence electrons. The lowest BCUT2D eigenvalue weighted by molar-refractivity contribution is 0.128. The van der Waals surface area contributed by atoms with Gasteiger partial charge in [0.25, 0.3) is 0 Å². The van der Waals surface area contributed by atoms with Gasteiger partial charge in [-0.1, -0.05) is 12.1 Å². The van der Waals surface area contributed by atoms with Crippen molar-refractivity contribution in [2.45, 2.75) is 6.54 Å². The van der Waals surface area contributed by atoms with E-state index in [9.17, 15) is 8.78 Å². The SMILES string of the molecule is NCCN1CCN(Cc2cccc(F)c2F)CC1. The van der Waals surface area contributed by atoms with E-state index in [4.69, 9.17) is 5.73 Å². The third-order valence-corrected chi connectivity index (χ3v) is 3.34. The van der Waals surface area contributed by atoms with Crippen LogP contribution < -0.4 is 5.73 Å². The third kappa shape index (κ3) is 3.25. The van der Waals surface area contributed by atoms with Gasteiger partial charge < -0.3 is 5.73 Å². The maximum atomic E-state index is 13.5. The van der Waals surface area contributed by atoms with E-state index in [1.165, 1.54) is 0 Å². The van der Waals surface area contributed by atoms with E-state index in [-0.39, 0.29) is 0 Å². The van der Waals surface area contributed by atoms with Gasteiger partial charge in [-0.25, -0.2) is 8.78 Å². The van der Waals surface area contributed by atoms with E-state index >= 15 is 0 Å². The molecule has 3 nitrogen and oxygen atoms in total. The fraction of sp³-hybridized carbons (Fsp3) is 0.538. The maximum absolute atomic E-state index is 13.5. The molecule has 0 saturated carbocycles. The molecule has 1 aromatic rings. The Bertz CT molecular complexity index is 390. The highest BCUT2D eigenvalue weighted by Crippen LogP contribution is 2.14. The molecule has 0 aliphatic carbocycles. The Morgan fingerprint density at radius 1 is 1.06 bits per heavy atom. The Hall–Kier alpha value is -1.04. The van der Waals surface area contributed by atoms with Crippen molar-refractivity contribution in [2.24, 2.45) is 5.73 Å². The monoisotopic (exact) mass is 255 g/mol. The second-order valence-electron chi connectivity index (χ2n) is 4.62. The first-order chi connectivity index (χ1) is 8.70. The number of piperazine rings is 1. The smallest absolute Gasteiger partial charge is 0.163 e. The summed E-state index contributed by atoms with van der Waals surface area (Å²) in [5.41, 5.74) is 5.94. The second-order valence-corrected chi connectivity index (χ2v) is 4.62. The zero-order valence-electron chi connectivity index (χ0n) is 10.4. The Balaban J connectivity index is 1.90. The molecular formula is C13H19F2N3. The number of hydrogen-bond donors (Lipinski definition) is 1. The fourth-order valence-corrected chi connectivity index (χ4v) is 2.27. The van der Waals surface area contributed by atoms with Crippen LogP contribution in [-0.2, 0) is 6.54 Å². The molecule has 0 radical (unpaired) electrons. The van der Waals surface area contributed by atoms with Crippen LogP contribution >= 0.6 is 0 Å². The molecule has 2 N–H and O–H groups in total. The Kier molecular flexibility index (Phi) is 4.63. The predicted molar refractivity (Wildman–Crippen MR) is 67.1 cm³/mol. The van der Waals surface area contributed by atoms with E-state index in [2.05, 4.69) is 9.80 Å². The largest absolute Gasteiger partial charge is 0.329 e. The van der Waals surface area contributed by atoms with E-state index in [0.29, 0.717) is 18.7 Å². The number of halogens is 2. The highest BCUT2D eigenvalue weighted by Gasteiger charge is 2.18. The van der Waals surface area contributed by atoms with Crippen LogP contribution in [0.15, 0.2) is 18.2 Å². The molecule has 0 unspecified atom stereocenters. The van der Waals surface area contributed by atoms with Gasteiger partial charge in [0.15, 0.2) is 11.6 Å². The van der Waals surface area contributed by atoms with E-state index in [1.54, 1.807) is 12.1 Å². The summed E-state index contributed by atoms with van der Waals surface area (Å²) < 4.78 is 26.6. The number of nitrogens with zero attached hydrogens (tertiary/aromatic N) is 2. The van der Waals surface area contributed by atoms with Gasteiger partial charge in [0, 0.05) is 51.4 Å². The van der Waals surface area contributed by atoms with Crippen LogP contribution in [0.4, 0.5) is 8.78 Å². The van der Waals surface area contributed by atoms with E-state index < -0.39 is 11.6 Å². The molecule has 0 bridgehead atoms. The summed E-state index contributed by atoms with van der Waals surface area (Å²) in [6, 6.07) is 4.35. The standard InChI is InChI=1S/C13H19F2N3/c14-12-3-1-2-11(13(12)15)10-18-8-6-17(5-4-16)7-9-18/h1-3H,4-10,16H2. The molecule has 1 aliphatic heterocycles. The quantitative estimate of drug-likeness (QED) is 0.872. The first kappa shape index (κ1) is 13.4. The van der Waals surface area contributed by atoms with Crippen molar-refractivity contribution in [3.63, 3.8) is 0 Å². The average molecular weight is 255 g/mol. The Morgan fingerprint density at radius 3 is 2.39 bits per heavy atom. The average Bonchev–Trinajstić information content (AvgIpc) is 2.38. The molecule has 0 aromatic heterocycles. The Morgan fingerprint density at radius 2 is 1.72 bits per heavy atom. The molecular weight excluding hydrogens is 236 g/mol. The van der Waals surface area contributed by atoms with Gasteiger partial charge in [-0.15, -0.1) is 0 Å². The van der Waals surface area contributed by atoms with Gasteiger partial charge in [0.2, 0.25) is 0 Å². The maximum Gasteiger partial charge on any atom is 0.163 e. The number of rotatable bonds is 4. The minimum atomic E-state index is -0.769. The molecule has 0 atom stereocenters. The van der Waals surface area contributed by atoms with Crippen molar-refractivity contribution in [2.75, 3.05) is 39.3 Å². The first-order valence-electron chi connectivity index (χ1n) is 6.28. The third-order valence-electron chi connectivity index (χ3n) is 3.34. The van der Waals surface area contributed by atoms with Crippen LogP contribution in [0, 0.1) is 11.6 Å². The van der Waals surface area contributed by atoms with Crippen LogP contribution in [0.3, 0.4) is 0 Å². The summed E-state index contributed by atoms with van der Waals surface area (Å²) in [6.45, 7) is 5.66. The lowest BCUT2D eigenvalue weighted by Gasteiger charge is -2.34. The highest BCUT2D eigenvalue weighted by atomic mass is 19.2. The molecule has 1 heterocycles. The second kappa shape index (κ2) is 6.22. The lowest BCUT2D eigenvalue weighted by atomic mass is 10.1. The van der Waals surface area contributed by atoms with Gasteiger partial charge >= 0.3 is 0 Å². The van der Waals surface area contributed by atoms with Crippen molar-refractivity contribution in [3.05, 3.63) is 35.4 Å². The normalized spacial score (nSPS) is 18.2. The van der Waals surface area contributed by atoms with Gasteiger partial charge in [0.1, 0.15) is 0 Å².